The van der Waals surface area contributed by atoms with E-state index >= 15 is 0 Å². The molecule has 0 bridgehead atoms. The van der Waals surface area contributed by atoms with Gasteiger partial charge in [0.2, 0.25) is 17.7 Å². The number of hydrazine groups is 1. The zero-order valence-corrected chi connectivity index (χ0v) is 15.0. The van der Waals surface area contributed by atoms with Crippen molar-refractivity contribution < 1.29 is 18.8 Å². The maximum atomic E-state index is 13.9. The van der Waals surface area contributed by atoms with Crippen molar-refractivity contribution in [3.05, 3.63) is 64.9 Å². The lowest BCUT2D eigenvalue weighted by atomic mass is 10.1. The van der Waals surface area contributed by atoms with Gasteiger partial charge in [0.15, 0.2) is 0 Å². The highest BCUT2D eigenvalue weighted by molar-refractivity contribution is 6.30. The summed E-state index contributed by atoms with van der Waals surface area (Å²) in [5, 5.41) is 0.567. The number of amides is 3. The van der Waals surface area contributed by atoms with E-state index < -0.39 is 23.5 Å². The molecule has 1 aliphatic heterocycles. The molecule has 3 rings (SSSR count). The van der Waals surface area contributed by atoms with E-state index in [4.69, 9.17) is 11.6 Å². The molecule has 0 saturated carbocycles. The molecule has 0 aromatic heterocycles. The standard InChI is InChI=1S/C19H17ClFN3O3/c20-14-7-5-12(6-8-14)9-17(25)22-23-19(27)13-10-18(26)24(11-13)16-4-2-1-3-15(16)21/h1-8,13H,9-11H2,(H,22,25)(H,23,27). The first-order valence-corrected chi connectivity index (χ1v) is 8.70. The monoisotopic (exact) mass is 389 g/mol. The molecule has 2 aromatic carbocycles. The summed E-state index contributed by atoms with van der Waals surface area (Å²) in [5.41, 5.74) is 5.54. The van der Waals surface area contributed by atoms with Gasteiger partial charge in [0.05, 0.1) is 18.0 Å². The average molecular weight is 390 g/mol. The number of para-hydroxylation sites is 1. The molecule has 0 radical (unpaired) electrons. The number of carbonyl (C=O) groups excluding carboxylic acids is 3. The van der Waals surface area contributed by atoms with Crippen LogP contribution in [-0.4, -0.2) is 24.3 Å². The lowest BCUT2D eigenvalue weighted by Crippen LogP contribution is -2.45. The van der Waals surface area contributed by atoms with Crippen LogP contribution < -0.4 is 15.8 Å². The van der Waals surface area contributed by atoms with E-state index in [1.807, 2.05) is 0 Å². The minimum atomic E-state index is -0.673. The largest absolute Gasteiger partial charge is 0.309 e. The van der Waals surface area contributed by atoms with Crippen molar-refractivity contribution in [1.82, 2.24) is 10.9 Å². The third-order valence-corrected chi connectivity index (χ3v) is 4.49. The molecule has 0 aliphatic carbocycles. The summed E-state index contributed by atoms with van der Waals surface area (Å²) in [5.74, 6) is -2.43. The van der Waals surface area contributed by atoms with E-state index in [-0.39, 0.29) is 31.0 Å². The normalized spacial score (nSPS) is 16.3. The smallest absolute Gasteiger partial charge is 0.243 e. The Bertz CT molecular complexity index is 873. The predicted octanol–water partition coefficient (Wildman–Crippen LogP) is 2.22. The zero-order chi connectivity index (χ0) is 19.4. The minimum Gasteiger partial charge on any atom is -0.309 e. The van der Waals surface area contributed by atoms with Crippen LogP contribution in [0.15, 0.2) is 48.5 Å². The summed E-state index contributed by atoms with van der Waals surface area (Å²) in [7, 11) is 0. The summed E-state index contributed by atoms with van der Waals surface area (Å²) in [6, 6.07) is 12.7. The lowest BCUT2D eigenvalue weighted by molar-refractivity contribution is -0.131. The van der Waals surface area contributed by atoms with Crippen molar-refractivity contribution in [1.29, 1.82) is 0 Å². The highest BCUT2D eigenvalue weighted by atomic mass is 35.5. The second kappa shape index (κ2) is 8.18. The molecule has 6 nitrogen and oxygen atoms in total. The number of benzene rings is 2. The fraction of sp³-hybridized carbons (Fsp3) is 0.211. The Morgan fingerprint density at radius 3 is 2.52 bits per heavy atom. The van der Waals surface area contributed by atoms with Crippen LogP contribution in [0.2, 0.25) is 5.02 Å². The molecule has 0 spiro atoms. The number of hydrogen-bond acceptors (Lipinski definition) is 3. The summed E-state index contributed by atoms with van der Waals surface area (Å²) in [6.45, 7) is 0.0542. The molecule has 27 heavy (non-hydrogen) atoms. The van der Waals surface area contributed by atoms with E-state index in [9.17, 15) is 18.8 Å². The van der Waals surface area contributed by atoms with E-state index in [2.05, 4.69) is 10.9 Å². The molecule has 1 atom stereocenters. The first-order valence-electron chi connectivity index (χ1n) is 8.32. The molecule has 2 N–H and O–H groups in total. The summed E-state index contributed by atoms with van der Waals surface area (Å²) >= 11 is 5.79. The van der Waals surface area contributed by atoms with Gasteiger partial charge in [-0.05, 0) is 29.8 Å². The maximum absolute atomic E-state index is 13.9. The van der Waals surface area contributed by atoms with Crippen molar-refractivity contribution >= 4 is 35.0 Å². The van der Waals surface area contributed by atoms with Crippen molar-refractivity contribution in [2.45, 2.75) is 12.8 Å². The van der Waals surface area contributed by atoms with Gasteiger partial charge in [-0.2, -0.15) is 0 Å². The van der Waals surface area contributed by atoms with Crippen LogP contribution in [0.1, 0.15) is 12.0 Å². The lowest BCUT2D eigenvalue weighted by Gasteiger charge is -2.17. The first kappa shape index (κ1) is 18.8. The Morgan fingerprint density at radius 2 is 1.81 bits per heavy atom. The highest BCUT2D eigenvalue weighted by Gasteiger charge is 2.36. The molecule has 1 fully saturated rings. The Hall–Kier alpha value is -2.93. The second-order valence-electron chi connectivity index (χ2n) is 6.20. The summed E-state index contributed by atoms with van der Waals surface area (Å²) < 4.78 is 13.9. The fourth-order valence-electron chi connectivity index (χ4n) is 2.85. The Balaban J connectivity index is 1.53. The predicted molar refractivity (Wildman–Crippen MR) is 98.3 cm³/mol. The van der Waals surface area contributed by atoms with Crippen LogP contribution >= 0.6 is 11.6 Å². The number of rotatable bonds is 4. The Labute approximate surface area is 160 Å². The molecule has 1 heterocycles. The van der Waals surface area contributed by atoms with Gasteiger partial charge in [0.25, 0.3) is 0 Å². The van der Waals surface area contributed by atoms with E-state index in [1.54, 1.807) is 30.3 Å². The van der Waals surface area contributed by atoms with Gasteiger partial charge in [-0.1, -0.05) is 35.9 Å². The molecule has 8 heteroatoms. The number of nitrogens with zero attached hydrogens (tertiary/aromatic N) is 1. The van der Waals surface area contributed by atoms with Gasteiger partial charge >= 0.3 is 0 Å². The highest BCUT2D eigenvalue weighted by Crippen LogP contribution is 2.27. The first-order chi connectivity index (χ1) is 12.9. The van der Waals surface area contributed by atoms with E-state index in [1.165, 1.54) is 23.1 Å². The topological polar surface area (TPSA) is 78.5 Å². The van der Waals surface area contributed by atoms with Crippen LogP contribution in [0.4, 0.5) is 10.1 Å². The Morgan fingerprint density at radius 1 is 1.11 bits per heavy atom. The summed E-state index contributed by atoms with van der Waals surface area (Å²) in [6.07, 6.45) is 0.0234. The molecule has 1 aliphatic rings. The maximum Gasteiger partial charge on any atom is 0.243 e. The van der Waals surface area contributed by atoms with E-state index in [0.717, 1.165) is 5.56 Å². The summed E-state index contributed by atoms with van der Waals surface area (Å²) in [4.78, 5) is 37.5. The third-order valence-electron chi connectivity index (χ3n) is 4.24. The van der Waals surface area contributed by atoms with Crippen molar-refractivity contribution in [3.8, 4) is 0 Å². The van der Waals surface area contributed by atoms with Gasteiger partial charge in [-0.25, -0.2) is 4.39 Å². The quantitative estimate of drug-likeness (QED) is 0.787. The second-order valence-corrected chi connectivity index (χ2v) is 6.63. The number of halogens is 2. The number of nitrogens with one attached hydrogen (secondary N) is 2. The molecule has 1 unspecified atom stereocenters. The Kier molecular flexibility index (Phi) is 5.71. The number of anilines is 1. The van der Waals surface area contributed by atoms with Crippen LogP contribution in [-0.2, 0) is 20.8 Å². The third kappa shape index (κ3) is 4.62. The van der Waals surface area contributed by atoms with Crippen LogP contribution in [0.5, 0.6) is 0 Å². The van der Waals surface area contributed by atoms with Crippen LogP contribution in [0, 0.1) is 11.7 Å². The van der Waals surface area contributed by atoms with Crippen LogP contribution in [0.25, 0.3) is 0 Å². The fourth-order valence-corrected chi connectivity index (χ4v) is 2.98. The van der Waals surface area contributed by atoms with Crippen molar-refractivity contribution in [2.24, 2.45) is 5.92 Å². The van der Waals surface area contributed by atoms with Gasteiger partial charge in [0, 0.05) is 18.0 Å². The molecule has 140 valence electrons. The van der Waals surface area contributed by atoms with Gasteiger partial charge in [0.1, 0.15) is 5.82 Å². The average Bonchev–Trinajstić information content (AvgIpc) is 3.04. The van der Waals surface area contributed by atoms with Crippen molar-refractivity contribution in [3.63, 3.8) is 0 Å². The van der Waals surface area contributed by atoms with Crippen LogP contribution in [0.3, 0.4) is 0 Å². The van der Waals surface area contributed by atoms with Gasteiger partial charge in [-0.3, -0.25) is 25.2 Å². The molecule has 2 aromatic rings. The SMILES string of the molecule is O=C(Cc1ccc(Cl)cc1)NNC(=O)C1CC(=O)N(c2ccccc2F)C1. The van der Waals surface area contributed by atoms with Gasteiger partial charge in [-0.15, -0.1) is 0 Å². The molecular weight excluding hydrogens is 373 g/mol. The molecule has 3 amide bonds. The van der Waals surface area contributed by atoms with Crippen molar-refractivity contribution in [2.75, 3.05) is 11.4 Å². The minimum absolute atomic E-state index is 0.0484. The number of carbonyl (C=O) groups is 3. The molecular formula is C19H17ClFN3O3. The van der Waals surface area contributed by atoms with Gasteiger partial charge < -0.3 is 4.90 Å². The van der Waals surface area contributed by atoms with E-state index in [0.29, 0.717) is 5.02 Å². The zero-order valence-electron chi connectivity index (χ0n) is 14.2. The molecule has 1 saturated heterocycles. The number of hydrogen-bond donors (Lipinski definition) is 2.